The van der Waals surface area contributed by atoms with Crippen LogP contribution in [0, 0.1) is 27.7 Å². The van der Waals surface area contributed by atoms with Crippen LogP contribution in [-0.4, -0.2) is 32.9 Å². The first-order valence-corrected chi connectivity index (χ1v) is 11.3. The SMILES string of the molecule is CCCc1cc2c(C)nc3c(-c4c(C)cc(Br)cc4C)c(C)nn3c2n1CCOC. The number of fused-ring (bicyclic) bond motifs is 3. The number of aromatic nitrogens is 4. The second-order valence-electron chi connectivity index (χ2n) is 8.08. The van der Waals surface area contributed by atoms with E-state index in [0.717, 1.165) is 52.1 Å². The molecule has 4 rings (SSSR count). The largest absolute Gasteiger partial charge is 0.383 e. The zero-order valence-electron chi connectivity index (χ0n) is 18.6. The Balaban J connectivity index is 2.09. The predicted octanol–water partition coefficient (Wildman–Crippen LogP) is 5.95. The van der Waals surface area contributed by atoms with Crippen LogP contribution in [0.2, 0.25) is 0 Å². The highest BCUT2D eigenvalue weighted by Gasteiger charge is 2.22. The molecule has 30 heavy (non-hydrogen) atoms. The molecule has 0 aliphatic carbocycles. The molecular formula is C24H29BrN4O. The minimum Gasteiger partial charge on any atom is -0.383 e. The molecule has 5 nitrogen and oxygen atoms in total. The van der Waals surface area contributed by atoms with Gasteiger partial charge >= 0.3 is 0 Å². The highest BCUT2D eigenvalue weighted by molar-refractivity contribution is 9.10. The van der Waals surface area contributed by atoms with Gasteiger partial charge in [0.05, 0.1) is 23.6 Å². The first-order valence-electron chi connectivity index (χ1n) is 10.5. The molecule has 0 saturated carbocycles. The Bertz CT molecular complexity index is 1230. The Morgan fingerprint density at radius 2 is 1.70 bits per heavy atom. The van der Waals surface area contributed by atoms with Crippen molar-refractivity contribution in [3.05, 3.63) is 50.9 Å². The molecule has 1 aromatic carbocycles. The summed E-state index contributed by atoms with van der Waals surface area (Å²) < 4.78 is 10.9. The van der Waals surface area contributed by atoms with Crippen molar-refractivity contribution in [2.24, 2.45) is 0 Å². The highest BCUT2D eigenvalue weighted by atomic mass is 79.9. The molecule has 0 unspecified atom stereocenters. The molecule has 0 bridgehead atoms. The molecule has 0 radical (unpaired) electrons. The number of hydrogen-bond acceptors (Lipinski definition) is 3. The third-order valence-electron chi connectivity index (χ3n) is 5.83. The average molecular weight is 469 g/mol. The smallest absolute Gasteiger partial charge is 0.165 e. The number of halogens is 1. The monoisotopic (exact) mass is 468 g/mol. The molecular weight excluding hydrogens is 440 g/mol. The van der Waals surface area contributed by atoms with Gasteiger partial charge in [-0.3, -0.25) is 0 Å². The van der Waals surface area contributed by atoms with E-state index in [9.17, 15) is 0 Å². The Kier molecular flexibility index (Phi) is 5.73. The zero-order valence-corrected chi connectivity index (χ0v) is 20.2. The maximum absolute atomic E-state index is 5.41. The molecule has 6 heteroatoms. The Labute approximate surface area is 186 Å². The topological polar surface area (TPSA) is 44.4 Å². The maximum Gasteiger partial charge on any atom is 0.165 e. The average Bonchev–Trinajstić information content (AvgIpc) is 3.18. The fourth-order valence-corrected chi connectivity index (χ4v) is 5.25. The van der Waals surface area contributed by atoms with Crippen LogP contribution in [0.1, 0.15) is 41.6 Å². The van der Waals surface area contributed by atoms with Crippen LogP contribution in [-0.2, 0) is 17.7 Å². The van der Waals surface area contributed by atoms with E-state index < -0.39 is 0 Å². The fourth-order valence-electron chi connectivity index (χ4n) is 4.56. The summed E-state index contributed by atoms with van der Waals surface area (Å²) in [7, 11) is 1.75. The molecule has 0 saturated heterocycles. The van der Waals surface area contributed by atoms with E-state index in [1.54, 1.807) is 7.11 Å². The number of aryl methyl sites for hydroxylation is 5. The minimum atomic E-state index is 0.668. The number of hydrogen-bond donors (Lipinski definition) is 0. The molecule has 0 spiro atoms. The molecule has 3 heterocycles. The molecule has 0 fully saturated rings. The van der Waals surface area contributed by atoms with Gasteiger partial charge in [0.1, 0.15) is 5.65 Å². The third-order valence-corrected chi connectivity index (χ3v) is 6.28. The van der Waals surface area contributed by atoms with Crippen molar-refractivity contribution in [3.8, 4) is 11.1 Å². The second-order valence-corrected chi connectivity index (χ2v) is 8.99. The lowest BCUT2D eigenvalue weighted by molar-refractivity contribution is 0.187. The van der Waals surface area contributed by atoms with Crippen molar-refractivity contribution < 1.29 is 4.74 Å². The van der Waals surface area contributed by atoms with Crippen LogP contribution in [0.4, 0.5) is 0 Å². The summed E-state index contributed by atoms with van der Waals surface area (Å²) in [5, 5.41) is 6.15. The van der Waals surface area contributed by atoms with E-state index in [0.29, 0.717) is 6.61 Å². The van der Waals surface area contributed by atoms with E-state index >= 15 is 0 Å². The minimum absolute atomic E-state index is 0.668. The van der Waals surface area contributed by atoms with Crippen LogP contribution in [0.15, 0.2) is 22.7 Å². The van der Waals surface area contributed by atoms with E-state index in [2.05, 4.69) is 73.3 Å². The summed E-state index contributed by atoms with van der Waals surface area (Å²) in [6, 6.07) is 6.61. The van der Waals surface area contributed by atoms with Gasteiger partial charge in [-0.05, 0) is 69.0 Å². The van der Waals surface area contributed by atoms with Crippen molar-refractivity contribution in [3.63, 3.8) is 0 Å². The normalized spacial score (nSPS) is 11.8. The van der Waals surface area contributed by atoms with Gasteiger partial charge in [0, 0.05) is 29.2 Å². The number of ether oxygens (including phenoxy) is 1. The first kappa shape index (κ1) is 21.1. The highest BCUT2D eigenvalue weighted by Crippen LogP contribution is 2.36. The van der Waals surface area contributed by atoms with E-state index in [4.69, 9.17) is 14.8 Å². The summed E-state index contributed by atoms with van der Waals surface area (Å²) in [5.41, 5.74) is 10.2. The summed E-state index contributed by atoms with van der Waals surface area (Å²) in [6.07, 6.45) is 2.12. The van der Waals surface area contributed by atoms with E-state index in [-0.39, 0.29) is 0 Å². The molecule has 0 aliphatic heterocycles. The Morgan fingerprint density at radius 1 is 1.00 bits per heavy atom. The van der Waals surface area contributed by atoms with E-state index in [1.165, 1.54) is 27.8 Å². The van der Waals surface area contributed by atoms with Crippen LogP contribution < -0.4 is 0 Å². The van der Waals surface area contributed by atoms with Gasteiger partial charge in [0.25, 0.3) is 0 Å². The molecule has 0 aliphatic rings. The van der Waals surface area contributed by atoms with Crippen molar-refractivity contribution in [2.75, 3.05) is 13.7 Å². The number of benzene rings is 1. The van der Waals surface area contributed by atoms with Gasteiger partial charge in [-0.2, -0.15) is 9.61 Å². The molecule has 158 valence electrons. The molecule has 0 amide bonds. The fraction of sp³-hybridized carbons (Fsp3) is 0.417. The van der Waals surface area contributed by atoms with Crippen LogP contribution in [0.3, 0.4) is 0 Å². The molecule has 0 N–H and O–H groups in total. The lowest BCUT2D eigenvalue weighted by atomic mass is 9.96. The summed E-state index contributed by atoms with van der Waals surface area (Å²) in [4.78, 5) is 5.04. The third kappa shape index (κ3) is 3.36. The van der Waals surface area contributed by atoms with Crippen molar-refractivity contribution in [1.29, 1.82) is 0 Å². The molecule has 4 aromatic rings. The van der Waals surface area contributed by atoms with Gasteiger partial charge in [-0.25, -0.2) is 4.98 Å². The van der Waals surface area contributed by atoms with Gasteiger partial charge in [-0.15, -0.1) is 0 Å². The summed E-state index contributed by atoms with van der Waals surface area (Å²) in [5.74, 6) is 0. The summed E-state index contributed by atoms with van der Waals surface area (Å²) in [6.45, 7) is 12.2. The van der Waals surface area contributed by atoms with Crippen molar-refractivity contribution in [2.45, 2.75) is 54.0 Å². The Morgan fingerprint density at radius 3 is 2.33 bits per heavy atom. The number of rotatable bonds is 6. The van der Waals surface area contributed by atoms with Crippen molar-refractivity contribution in [1.82, 2.24) is 19.2 Å². The quantitative estimate of drug-likeness (QED) is 0.351. The first-order chi connectivity index (χ1) is 14.4. The lowest BCUT2D eigenvalue weighted by Crippen LogP contribution is -2.10. The lowest BCUT2D eigenvalue weighted by Gasteiger charge is -2.12. The van der Waals surface area contributed by atoms with Gasteiger partial charge in [0.2, 0.25) is 0 Å². The zero-order chi connectivity index (χ0) is 21.6. The Hall–Kier alpha value is -2.18. The molecule has 3 aromatic heterocycles. The standard InChI is InChI=1S/C24H29BrN4O/c1-7-8-19-13-20-16(4)26-23-22(21-14(2)11-18(25)12-15(21)3)17(5)27-29(23)24(20)28(19)9-10-30-6/h11-13H,7-10H2,1-6H3. The molecule has 0 atom stereocenters. The van der Waals surface area contributed by atoms with Gasteiger partial charge in [0.15, 0.2) is 5.65 Å². The number of methoxy groups -OCH3 is 1. The maximum atomic E-state index is 5.41. The van der Waals surface area contributed by atoms with E-state index in [1.807, 2.05) is 4.52 Å². The van der Waals surface area contributed by atoms with Gasteiger partial charge in [-0.1, -0.05) is 29.3 Å². The van der Waals surface area contributed by atoms with Crippen LogP contribution in [0.5, 0.6) is 0 Å². The predicted molar refractivity (Wildman–Crippen MR) is 126 cm³/mol. The second kappa shape index (κ2) is 8.16. The van der Waals surface area contributed by atoms with Gasteiger partial charge < -0.3 is 9.30 Å². The van der Waals surface area contributed by atoms with Crippen molar-refractivity contribution >= 4 is 32.6 Å². The van der Waals surface area contributed by atoms with Crippen LogP contribution >= 0.6 is 15.9 Å². The van der Waals surface area contributed by atoms with Crippen LogP contribution in [0.25, 0.3) is 27.8 Å². The summed E-state index contributed by atoms with van der Waals surface area (Å²) >= 11 is 3.62. The number of nitrogens with zero attached hydrogens (tertiary/aromatic N) is 4.